The molecule has 2 fully saturated rings. The Morgan fingerprint density at radius 2 is 1.50 bits per heavy atom. The third-order valence-corrected chi connectivity index (χ3v) is 7.77. The third kappa shape index (κ3) is 4.85. The molecule has 2 amide bonds. The van der Waals surface area contributed by atoms with Crippen molar-refractivity contribution in [1.29, 1.82) is 0 Å². The van der Waals surface area contributed by atoms with Crippen LogP contribution in [0.15, 0.2) is 97.1 Å². The van der Waals surface area contributed by atoms with Gasteiger partial charge in [0.2, 0.25) is 5.91 Å². The Kier molecular flexibility index (Phi) is 7.11. The Balaban J connectivity index is 1.35. The van der Waals surface area contributed by atoms with Gasteiger partial charge in [-0.3, -0.25) is 24.5 Å². The second-order valence-electron chi connectivity index (χ2n) is 9.53. The number of nitrogens with zero attached hydrogens (tertiary/aromatic N) is 3. The summed E-state index contributed by atoms with van der Waals surface area (Å²) in [5, 5.41) is 13.0. The van der Waals surface area contributed by atoms with Crippen molar-refractivity contribution < 1.29 is 28.9 Å². The van der Waals surface area contributed by atoms with Gasteiger partial charge < -0.3 is 4.74 Å². The Morgan fingerprint density at radius 1 is 0.833 bits per heavy atom. The van der Waals surface area contributed by atoms with E-state index >= 15 is 0 Å². The largest absolute Gasteiger partial charge is 0.423 e. The van der Waals surface area contributed by atoms with Crippen LogP contribution in [0.4, 0.5) is 17.1 Å². The maximum Gasteiger partial charge on any atom is 0.343 e. The van der Waals surface area contributed by atoms with Gasteiger partial charge in [0.15, 0.2) is 6.10 Å². The van der Waals surface area contributed by atoms with Gasteiger partial charge in [-0.2, -0.15) is 0 Å². The minimum Gasteiger partial charge on any atom is -0.423 e. The summed E-state index contributed by atoms with van der Waals surface area (Å²) >= 11 is 12.2. The molecule has 10 nitrogen and oxygen atoms in total. The van der Waals surface area contributed by atoms with Gasteiger partial charge in [-0.05, 0) is 60.2 Å². The van der Waals surface area contributed by atoms with E-state index in [0.29, 0.717) is 16.8 Å². The van der Waals surface area contributed by atoms with E-state index in [1.54, 1.807) is 54.6 Å². The normalized spacial score (nSPS) is 19.6. The predicted octanol–water partition coefficient (Wildman–Crippen LogP) is 6.17. The van der Waals surface area contributed by atoms with Crippen molar-refractivity contribution in [2.45, 2.75) is 12.1 Å². The summed E-state index contributed by atoms with van der Waals surface area (Å²) in [6.45, 7) is 0. The number of non-ortho nitro benzene ring substituents is 1. The van der Waals surface area contributed by atoms with E-state index in [1.165, 1.54) is 47.5 Å². The molecule has 0 radical (unpaired) electrons. The number of benzene rings is 4. The fraction of sp³-hybridized carbons (Fsp3) is 0.100. The average Bonchev–Trinajstić information content (AvgIpc) is 3.51. The Labute approximate surface area is 248 Å². The predicted molar refractivity (Wildman–Crippen MR) is 153 cm³/mol. The quantitative estimate of drug-likeness (QED) is 0.0843. The number of amides is 2. The first-order chi connectivity index (χ1) is 20.2. The number of hydrogen-bond acceptors (Lipinski definition) is 8. The van der Waals surface area contributed by atoms with Crippen molar-refractivity contribution in [2.24, 2.45) is 5.92 Å². The molecule has 2 saturated heterocycles. The number of carbonyl (C=O) groups is 3. The topological polar surface area (TPSA) is 119 Å². The molecule has 42 heavy (non-hydrogen) atoms. The zero-order valence-corrected chi connectivity index (χ0v) is 22.9. The molecule has 4 aromatic carbocycles. The van der Waals surface area contributed by atoms with Crippen molar-refractivity contribution in [1.82, 2.24) is 0 Å². The first-order valence-electron chi connectivity index (χ1n) is 12.6. The van der Waals surface area contributed by atoms with Crippen LogP contribution in [0.5, 0.6) is 5.75 Å². The number of anilines is 2. The van der Waals surface area contributed by atoms with E-state index in [9.17, 15) is 24.5 Å². The van der Waals surface area contributed by atoms with Crippen LogP contribution in [0.2, 0.25) is 10.0 Å². The maximum absolute atomic E-state index is 13.8. The number of hydroxylamine groups is 1. The number of halogens is 2. The number of nitro benzene ring substituents is 1. The second-order valence-corrected chi connectivity index (χ2v) is 10.3. The maximum atomic E-state index is 13.8. The molecule has 0 unspecified atom stereocenters. The van der Waals surface area contributed by atoms with Gasteiger partial charge in [-0.1, -0.05) is 53.5 Å². The molecule has 0 aromatic heterocycles. The molecule has 4 aromatic rings. The van der Waals surface area contributed by atoms with Crippen molar-refractivity contribution in [3.63, 3.8) is 0 Å². The lowest BCUT2D eigenvalue weighted by Gasteiger charge is -2.28. The van der Waals surface area contributed by atoms with Gasteiger partial charge in [0.05, 0.1) is 37.9 Å². The molecule has 0 saturated carbocycles. The van der Waals surface area contributed by atoms with E-state index in [4.69, 9.17) is 32.8 Å². The monoisotopic (exact) mass is 603 g/mol. The lowest BCUT2D eigenvalue weighted by atomic mass is 9.90. The summed E-state index contributed by atoms with van der Waals surface area (Å²) < 4.78 is 5.49. The van der Waals surface area contributed by atoms with Gasteiger partial charge in [-0.25, -0.2) is 14.8 Å². The number of esters is 1. The highest BCUT2D eigenvalue weighted by atomic mass is 35.5. The zero-order chi connectivity index (χ0) is 29.5. The van der Waals surface area contributed by atoms with Crippen LogP contribution in [0, 0.1) is 16.0 Å². The van der Waals surface area contributed by atoms with Crippen molar-refractivity contribution in [3.8, 4) is 5.75 Å². The fourth-order valence-electron chi connectivity index (χ4n) is 5.05. The molecule has 2 aliphatic rings. The Morgan fingerprint density at radius 3 is 2.14 bits per heavy atom. The standard InChI is InChI=1S/C30H19Cl2N3O7/c31-23-15-12-21(16-24(23)32)33-28(36)25-26(17-6-13-22(14-7-17)41-30(38)18-4-2-1-3-5-18)34(42-27(25)29(33)37)19-8-10-20(11-9-19)35(39)40/h1-16,25-27H/t25-,26-,27-/m0/s1. The van der Waals surface area contributed by atoms with E-state index in [2.05, 4.69) is 0 Å². The minimum absolute atomic E-state index is 0.128. The highest BCUT2D eigenvalue weighted by Gasteiger charge is 2.60. The lowest BCUT2D eigenvalue weighted by Crippen LogP contribution is -2.37. The van der Waals surface area contributed by atoms with Crippen molar-refractivity contribution in [2.75, 3.05) is 9.96 Å². The second kappa shape index (κ2) is 10.9. The summed E-state index contributed by atoms with van der Waals surface area (Å²) in [6.07, 6.45) is -1.18. The summed E-state index contributed by atoms with van der Waals surface area (Å²) in [4.78, 5) is 57.6. The number of rotatable bonds is 6. The number of nitro groups is 1. The third-order valence-electron chi connectivity index (χ3n) is 7.03. The number of ether oxygens (including phenoxy) is 1. The zero-order valence-electron chi connectivity index (χ0n) is 21.4. The van der Waals surface area contributed by atoms with Crippen molar-refractivity contribution >= 4 is 58.0 Å². The first-order valence-corrected chi connectivity index (χ1v) is 13.4. The van der Waals surface area contributed by atoms with Crippen LogP contribution in [-0.4, -0.2) is 28.8 Å². The van der Waals surface area contributed by atoms with E-state index in [-0.39, 0.29) is 27.2 Å². The Bertz CT molecular complexity index is 1720. The summed E-state index contributed by atoms with van der Waals surface area (Å²) in [5.74, 6) is -2.34. The van der Waals surface area contributed by atoms with E-state index < -0.39 is 40.8 Å². The minimum atomic E-state index is -1.18. The number of carbonyl (C=O) groups excluding carboxylic acids is 3. The van der Waals surface area contributed by atoms with E-state index in [0.717, 1.165) is 4.90 Å². The molecule has 3 atom stereocenters. The van der Waals surface area contributed by atoms with Gasteiger partial charge in [0.25, 0.3) is 11.6 Å². The van der Waals surface area contributed by atoms with Crippen LogP contribution >= 0.6 is 23.2 Å². The summed E-state index contributed by atoms with van der Waals surface area (Å²) in [7, 11) is 0. The smallest absolute Gasteiger partial charge is 0.343 e. The SMILES string of the molecule is O=C(Oc1ccc([C@H]2[C@@H]3C(=O)N(c4ccc(Cl)c(Cl)c4)C(=O)[C@H]3ON2c2ccc([N+](=O)[O-])cc2)cc1)c1ccccc1. The van der Waals surface area contributed by atoms with Crippen LogP contribution in [0.25, 0.3) is 0 Å². The molecule has 2 aliphatic heterocycles. The molecule has 0 spiro atoms. The van der Waals surface area contributed by atoms with Crippen LogP contribution in [-0.2, 0) is 14.4 Å². The lowest BCUT2D eigenvalue weighted by molar-refractivity contribution is -0.384. The highest BCUT2D eigenvalue weighted by Crippen LogP contribution is 2.48. The fourth-order valence-corrected chi connectivity index (χ4v) is 5.34. The van der Waals surface area contributed by atoms with Gasteiger partial charge >= 0.3 is 5.97 Å². The number of imide groups is 1. The first kappa shape index (κ1) is 27.4. The van der Waals surface area contributed by atoms with Gasteiger partial charge in [-0.15, -0.1) is 0 Å². The molecule has 6 rings (SSSR count). The molecule has 210 valence electrons. The molecular weight excluding hydrogens is 585 g/mol. The van der Waals surface area contributed by atoms with Crippen LogP contribution < -0.4 is 14.7 Å². The molecule has 0 N–H and O–H groups in total. The molecule has 0 bridgehead atoms. The average molecular weight is 604 g/mol. The summed E-state index contributed by atoms with van der Waals surface area (Å²) in [6, 6.07) is 24.2. The van der Waals surface area contributed by atoms with Gasteiger partial charge in [0, 0.05) is 12.1 Å². The van der Waals surface area contributed by atoms with Crippen molar-refractivity contribution in [3.05, 3.63) is 128 Å². The molecular formula is C30H19Cl2N3O7. The van der Waals surface area contributed by atoms with Crippen LogP contribution in [0.3, 0.4) is 0 Å². The molecule has 0 aliphatic carbocycles. The number of hydrogen-bond donors (Lipinski definition) is 0. The van der Waals surface area contributed by atoms with E-state index in [1.807, 2.05) is 0 Å². The van der Waals surface area contributed by atoms with Crippen LogP contribution in [0.1, 0.15) is 22.0 Å². The molecule has 2 heterocycles. The molecule has 12 heteroatoms. The highest BCUT2D eigenvalue weighted by molar-refractivity contribution is 6.42. The Hall–Kier alpha value is -4.77. The summed E-state index contributed by atoms with van der Waals surface area (Å²) in [5.41, 5.74) is 1.49. The number of fused-ring (bicyclic) bond motifs is 1. The van der Waals surface area contributed by atoms with Gasteiger partial charge in [0.1, 0.15) is 11.7 Å².